The molecule has 1 amide bonds. The Labute approximate surface area is 156 Å². The van der Waals surface area contributed by atoms with E-state index >= 15 is 0 Å². The van der Waals surface area contributed by atoms with Crippen LogP contribution < -0.4 is 5.32 Å². The number of hydrogen-bond acceptors (Lipinski definition) is 4. The van der Waals surface area contributed by atoms with E-state index in [1.165, 1.54) is 5.57 Å². The van der Waals surface area contributed by atoms with Crippen molar-refractivity contribution in [2.45, 2.75) is 40.5 Å². The summed E-state index contributed by atoms with van der Waals surface area (Å²) in [5.41, 5.74) is 1.84. The topological polar surface area (TPSA) is 68.3 Å². The van der Waals surface area contributed by atoms with Crippen LogP contribution in [0.25, 0.3) is 0 Å². The summed E-state index contributed by atoms with van der Waals surface area (Å²) in [4.78, 5) is 28.1. The molecule has 5 heteroatoms. The molecule has 0 saturated heterocycles. The third kappa shape index (κ3) is 5.41. The molecule has 5 nitrogen and oxygen atoms in total. The van der Waals surface area contributed by atoms with Gasteiger partial charge in [-0.2, -0.15) is 0 Å². The van der Waals surface area contributed by atoms with Gasteiger partial charge in [-0.05, 0) is 56.1 Å². The maximum absolute atomic E-state index is 12.3. The van der Waals surface area contributed by atoms with Crippen LogP contribution in [-0.2, 0) is 9.53 Å². The molecule has 0 aromatic carbocycles. The minimum atomic E-state index is -0.128. The predicted octanol–water partition coefficient (Wildman–Crippen LogP) is 3.62. The Hall–Kier alpha value is -2.17. The van der Waals surface area contributed by atoms with Gasteiger partial charge in [0.25, 0.3) is 5.91 Å². The summed E-state index contributed by atoms with van der Waals surface area (Å²) in [6.45, 7) is 9.35. The summed E-state index contributed by atoms with van der Waals surface area (Å²) in [6.07, 6.45) is 6.88. The average molecular weight is 358 g/mol. The molecule has 1 aliphatic carbocycles. The van der Waals surface area contributed by atoms with Gasteiger partial charge in [-0.3, -0.25) is 14.6 Å². The number of esters is 1. The Morgan fingerprint density at radius 1 is 1.31 bits per heavy atom. The second kappa shape index (κ2) is 9.51. The number of pyridine rings is 1. The number of carbonyl (C=O) groups excluding carboxylic acids is 2. The molecule has 0 spiro atoms. The molecule has 26 heavy (non-hydrogen) atoms. The molecule has 1 aliphatic rings. The molecule has 0 fully saturated rings. The maximum atomic E-state index is 12.3. The summed E-state index contributed by atoms with van der Waals surface area (Å²) in [5, 5.41) is 3.05. The third-order valence-electron chi connectivity index (χ3n) is 5.24. The SMILES string of the molecule is CCOC(=O)CC1CC(C(C)C)C(CNC(=O)c2ccncc2)C=C1C. The molecule has 0 bridgehead atoms. The van der Waals surface area contributed by atoms with Gasteiger partial charge in [0, 0.05) is 24.5 Å². The summed E-state index contributed by atoms with van der Waals surface area (Å²) >= 11 is 0. The number of allylic oxidation sites excluding steroid dienone is 1. The smallest absolute Gasteiger partial charge is 0.306 e. The predicted molar refractivity (Wildman–Crippen MR) is 102 cm³/mol. The Bertz CT molecular complexity index is 640. The number of nitrogens with one attached hydrogen (secondary N) is 1. The van der Waals surface area contributed by atoms with Crippen molar-refractivity contribution in [2.24, 2.45) is 23.7 Å². The van der Waals surface area contributed by atoms with Crippen molar-refractivity contribution < 1.29 is 14.3 Å². The molecule has 0 radical (unpaired) electrons. The van der Waals surface area contributed by atoms with E-state index in [1.54, 1.807) is 24.5 Å². The lowest BCUT2D eigenvalue weighted by atomic mass is 9.70. The van der Waals surface area contributed by atoms with E-state index in [9.17, 15) is 9.59 Å². The maximum Gasteiger partial charge on any atom is 0.306 e. The molecule has 0 saturated carbocycles. The fourth-order valence-electron chi connectivity index (χ4n) is 3.74. The Morgan fingerprint density at radius 3 is 2.62 bits per heavy atom. The van der Waals surface area contributed by atoms with Gasteiger partial charge in [-0.15, -0.1) is 0 Å². The van der Waals surface area contributed by atoms with E-state index < -0.39 is 0 Å². The van der Waals surface area contributed by atoms with Crippen molar-refractivity contribution in [1.29, 1.82) is 0 Å². The lowest BCUT2D eigenvalue weighted by molar-refractivity contribution is -0.144. The van der Waals surface area contributed by atoms with Crippen LogP contribution in [0.3, 0.4) is 0 Å². The van der Waals surface area contributed by atoms with Crippen molar-refractivity contribution >= 4 is 11.9 Å². The third-order valence-corrected chi connectivity index (χ3v) is 5.24. The van der Waals surface area contributed by atoms with E-state index in [0.717, 1.165) is 6.42 Å². The quantitative estimate of drug-likeness (QED) is 0.597. The summed E-state index contributed by atoms with van der Waals surface area (Å²) < 4.78 is 5.12. The lowest BCUT2D eigenvalue weighted by Gasteiger charge is -2.37. The monoisotopic (exact) mass is 358 g/mol. The zero-order valence-electron chi connectivity index (χ0n) is 16.2. The standard InChI is InChI=1S/C21H30N2O3/c1-5-26-20(24)12-17-11-19(14(2)3)18(10-15(17)4)13-23-21(25)16-6-8-22-9-7-16/h6-10,14,17-19H,5,11-13H2,1-4H3,(H,23,25). The molecule has 1 heterocycles. The molecule has 0 aliphatic heterocycles. The van der Waals surface area contributed by atoms with Crippen molar-refractivity contribution in [3.8, 4) is 0 Å². The van der Waals surface area contributed by atoms with Crippen LogP contribution in [0.2, 0.25) is 0 Å². The van der Waals surface area contributed by atoms with Crippen LogP contribution >= 0.6 is 0 Å². The van der Waals surface area contributed by atoms with Crippen LogP contribution in [0.15, 0.2) is 36.2 Å². The van der Waals surface area contributed by atoms with Gasteiger partial charge < -0.3 is 10.1 Å². The first-order valence-corrected chi connectivity index (χ1v) is 9.44. The fourth-order valence-corrected chi connectivity index (χ4v) is 3.74. The molecule has 142 valence electrons. The van der Waals surface area contributed by atoms with Crippen LogP contribution in [0.1, 0.15) is 50.9 Å². The number of aromatic nitrogens is 1. The summed E-state index contributed by atoms with van der Waals surface area (Å²) in [7, 11) is 0. The van der Waals surface area contributed by atoms with Gasteiger partial charge in [0.2, 0.25) is 0 Å². The first-order chi connectivity index (χ1) is 12.4. The Balaban J connectivity index is 2.03. The van der Waals surface area contributed by atoms with Gasteiger partial charge in [0.1, 0.15) is 0 Å². The number of nitrogens with zero attached hydrogens (tertiary/aromatic N) is 1. The molecule has 1 aromatic heterocycles. The highest BCUT2D eigenvalue weighted by atomic mass is 16.5. The van der Waals surface area contributed by atoms with Gasteiger partial charge in [0.15, 0.2) is 0 Å². The van der Waals surface area contributed by atoms with Crippen molar-refractivity contribution in [3.05, 3.63) is 41.7 Å². The molecule has 1 aromatic rings. The number of carbonyl (C=O) groups is 2. The summed E-state index contributed by atoms with van der Waals surface area (Å²) in [6, 6.07) is 3.43. The van der Waals surface area contributed by atoms with Crippen LogP contribution in [-0.4, -0.2) is 30.0 Å². The van der Waals surface area contributed by atoms with E-state index in [-0.39, 0.29) is 23.7 Å². The highest BCUT2D eigenvalue weighted by Gasteiger charge is 2.32. The van der Waals surface area contributed by atoms with Crippen LogP contribution in [0.4, 0.5) is 0 Å². The van der Waals surface area contributed by atoms with Gasteiger partial charge in [0.05, 0.1) is 13.0 Å². The zero-order valence-corrected chi connectivity index (χ0v) is 16.2. The second-order valence-corrected chi connectivity index (χ2v) is 7.37. The van der Waals surface area contributed by atoms with Gasteiger partial charge >= 0.3 is 5.97 Å². The second-order valence-electron chi connectivity index (χ2n) is 7.37. The molecular formula is C21H30N2O3. The number of rotatable bonds is 7. The Morgan fingerprint density at radius 2 is 2.00 bits per heavy atom. The number of hydrogen-bond donors (Lipinski definition) is 1. The van der Waals surface area contributed by atoms with E-state index in [4.69, 9.17) is 4.74 Å². The highest BCUT2D eigenvalue weighted by molar-refractivity contribution is 5.93. The molecule has 3 atom stereocenters. The normalized spacial score (nSPS) is 22.7. The van der Waals surface area contributed by atoms with Crippen molar-refractivity contribution in [2.75, 3.05) is 13.2 Å². The van der Waals surface area contributed by atoms with E-state index in [2.05, 4.69) is 37.1 Å². The minimum absolute atomic E-state index is 0.0744. The molecular weight excluding hydrogens is 328 g/mol. The average Bonchev–Trinajstić information content (AvgIpc) is 2.62. The van der Waals surface area contributed by atoms with Crippen molar-refractivity contribution in [3.63, 3.8) is 0 Å². The number of amides is 1. The van der Waals surface area contributed by atoms with Crippen molar-refractivity contribution in [1.82, 2.24) is 10.3 Å². The van der Waals surface area contributed by atoms with E-state index in [1.807, 2.05) is 6.92 Å². The van der Waals surface area contributed by atoms with Gasteiger partial charge in [-0.1, -0.05) is 25.5 Å². The Kier molecular flexibility index (Phi) is 7.37. The lowest BCUT2D eigenvalue weighted by Crippen LogP contribution is -2.37. The zero-order chi connectivity index (χ0) is 19.1. The minimum Gasteiger partial charge on any atom is -0.466 e. The van der Waals surface area contributed by atoms with Crippen LogP contribution in [0, 0.1) is 23.7 Å². The largest absolute Gasteiger partial charge is 0.466 e. The molecule has 2 rings (SSSR count). The fraction of sp³-hybridized carbons (Fsp3) is 0.571. The van der Waals surface area contributed by atoms with Gasteiger partial charge in [-0.25, -0.2) is 0 Å². The highest BCUT2D eigenvalue weighted by Crippen LogP contribution is 2.38. The number of ether oxygens (including phenoxy) is 1. The first-order valence-electron chi connectivity index (χ1n) is 9.44. The molecule has 3 unspecified atom stereocenters. The first kappa shape index (κ1) is 20.1. The summed E-state index contributed by atoms with van der Waals surface area (Å²) in [5.74, 6) is 1.21. The molecule has 1 N–H and O–H groups in total. The van der Waals surface area contributed by atoms with Crippen LogP contribution in [0.5, 0.6) is 0 Å². The van der Waals surface area contributed by atoms with E-state index in [0.29, 0.717) is 37.0 Å².